The summed E-state index contributed by atoms with van der Waals surface area (Å²) in [6, 6.07) is 2.82. The highest BCUT2D eigenvalue weighted by molar-refractivity contribution is 5.54. The molecule has 0 saturated carbocycles. The molecule has 2 N–H and O–H groups in total. The molecule has 110 valence electrons. The van der Waals surface area contributed by atoms with Gasteiger partial charge >= 0.3 is 0 Å². The topological polar surface area (TPSA) is 54.6 Å². The Morgan fingerprint density at radius 1 is 1.35 bits per heavy atom. The lowest BCUT2D eigenvalue weighted by Crippen LogP contribution is -2.44. The number of aryl methyl sites for hydroxylation is 1. The van der Waals surface area contributed by atoms with Gasteiger partial charge < -0.3 is 15.4 Å². The van der Waals surface area contributed by atoms with E-state index in [9.17, 15) is 0 Å². The molecular formula is C15H24N4O. The van der Waals surface area contributed by atoms with Gasteiger partial charge in [0.1, 0.15) is 0 Å². The van der Waals surface area contributed by atoms with Gasteiger partial charge in [-0.1, -0.05) is 0 Å². The Bertz CT molecular complexity index is 459. The predicted octanol–water partition coefficient (Wildman–Crippen LogP) is 0.760. The fourth-order valence-electron chi connectivity index (χ4n) is 3.23. The van der Waals surface area contributed by atoms with Crippen molar-refractivity contribution in [1.82, 2.24) is 9.88 Å². The van der Waals surface area contributed by atoms with Gasteiger partial charge in [0.25, 0.3) is 0 Å². The van der Waals surface area contributed by atoms with Crippen LogP contribution in [-0.4, -0.2) is 55.3 Å². The summed E-state index contributed by atoms with van der Waals surface area (Å²) in [5.41, 5.74) is 9.34. The van der Waals surface area contributed by atoms with Crippen molar-refractivity contribution in [3.05, 3.63) is 23.5 Å². The molecule has 0 aliphatic carbocycles. The molecule has 0 amide bonds. The summed E-state index contributed by atoms with van der Waals surface area (Å²) in [6.07, 6.45) is 3.15. The Kier molecular flexibility index (Phi) is 4.19. The maximum absolute atomic E-state index is 5.85. The summed E-state index contributed by atoms with van der Waals surface area (Å²) < 4.78 is 5.44. The molecule has 3 rings (SSSR count). The van der Waals surface area contributed by atoms with E-state index in [0.29, 0.717) is 12.6 Å². The standard InChI is InChI=1S/C15H24N4O/c1-12-8-15(13(9-16)10-17-12)19-3-2-14(11-19)18-4-6-20-7-5-18/h8,10,14H,2-7,9,11,16H2,1H3. The maximum Gasteiger partial charge on any atom is 0.0594 e. The van der Waals surface area contributed by atoms with Gasteiger partial charge in [-0.2, -0.15) is 0 Å². The fraction of sp³-hybridized carbons (Fsp3) is 0.667. The molecule has 2 aliphatic rings. The number of nitrogens with two attached hydrogens (primary N) is 1. The summed E-state index contributed by atoms with van der Waals surface area (Å²) in [5, 5.41) is 0. The van der Waals surface area contributed by atoms with Crippen LogP contribution >= 0.6 is 0 Å². The molecular weight excluding hydrogens is 252 g/mol. The maximum atomic E-state index is 5.85. The normalized spacial score (nSPS) is 24.3. The van der Waals surface area contributed by atoms with Crippen molar-refractivity contribution in [2.75, 3.05) is 44.3 Å². The number of ether oxygens (including phenoxy) is 1. The van der Waals surface area contributed by atoms with Crippen LogP contribution in [0.15, 0.2) is 12.3 Å². The molecule has 1 atom stereocenters. The van der Waals surface area contributed by atoms with Crippen LogP contribution in [0.3, 0.4) is 0 Å². The van der Waals surface area contributed by atoms with Crippen molar-refractivity contribution >= 4 is 5.69 Å². The predicted molar refractivity (Wildman–Crippen MR) is 79.9 cm³/mol. The lowest BCUT2D eigenvalue weighted by Gasteiger charge is -2.32. The molecule has 0 aromatic carbocycles. The summed E-state index contributed by atoms with van der Waals surface area (Å²) in [7, 11) is 0. The van der Waals surface area contributed by atoms with Crippen molar-refractivity contribution in [3.63, 3.8) is 0 Å². The van der Waals surface area contributed by atoms with E-state index in [1.54, 1.807) is 0 Å². The van der Waals surface area contributed by atoms with E-state index in [1.165, 1.54) is 12.1 Å². The van der Waals surface area contributed by atoms with Crippen LogP contribution in [-0.2, 0) is 11.3 Å². The molecule has 0 bridgehead atoms. The third-order valence-electron chi connectivity index (χ3n) is 4.38. The lowest BCUT2D eigenvalue weighted by molar-refractivity contribution is 0.0209. The van der Waals surface area contributed by atoms with Crippen LogP contribution in [0.25, 0.3) is 0 Å². The van der Waals surface area contributed by atoms with Gasteiger partial charge in [0.05, 0.1) is 13.2 Å². The molecule has 0 spiro atoms. The molecule has 5 nitrogen and oxygen atoms in total. The van der Waals surface area contributed by atoms with Crippen LogP contribution in [0.5, 0.6) is 0 Å². The molecule has 5 heteroatoms. The first-order valence-corrected chi connectivity index (χ1v) is 7.50. The number of nitrogens with zero attached hydrogens (tertiary/aromatic N) is 3. The van der Waals surface area contributed by atoms with E-state index < -0.39 is 0 Å². The molecule has 0 radical (unpaired) electrons. The number of hydrogen-bond acceptors (Lipinski definition) is 5. The van der Waals surface area contributed by atoms with E-state index in [-0.39, 0.29) is 0 Å². The Morgan fingerprint density at radius 2 is 2.15 bits per heavy atom. The van der Waals surface area contributed by atoms with Gasteiger partial charge in [0, 0.05) is 61.9 Å². The third kappa shape index (κ3) is 2.80. The minimum Gasteiger partial charge on any atom is -0.379 e. The molecule has 2 aliphatic heterocycles. The monoisotopic (exact) mass is 276 g/mol. The van der Waals surface area contributed by atoms with Gasteiger partial charge in [0.2, 0.25) is 0 Å². The zero-order valence-corrected chi connectivity index (χ0v) is 12.2. The van der Waals surface area contributed by atoms with Gasteiger partial charge in [-0.3, -0.25) is 9.88 Å². The highest BCUT2D eigenvalue weighted by Crippen LogP contribution is 2.27. The smallest absolute Gasteiger partial charge is 0.0594 e. The van der Waals surface area contributed by atoms with Crippen LogP contribution in [0, 0.1) is 6.92 Å². The number of anilines is 1. The SMILES string of the molecule is Cc1cc(N2CCC(N3CCOCC3)C2)c(CN)cn1. The lowest BCUT2D eigenvalue weighted by atomic mass is 10.2. The fourth-order valence-corrected chi connectivity index (χ4v) is 3.23. The Labute approximate surface area is 120 Å². The highest BCUT2D eigenvalue weighted by atomic mass is 16.5. The van der Waals surface area contributed by atoms with E-state index in [0.717, 1.165) is 50.7 Å². The van der Waals surface area contributed by atoms with Gasteiger partial charge in [-0.15, -0.1) is 0 Å². The Balaban J connectivity index is 1.71. The Morgan fingerprint density at radius 3 is 2.90 bits per heavy atom. The number of aromatic nitrogens is 1. The zero-order chi connectivity index (χ0) is 13.9. The number of morpholine rings is 1. The zero-order valence-electron chi connectivity index (χ0n) is 12.2. The number of hydrogen-bond donors (Lipinski definition) is 1. The average molecular weight is 276 g/mol. The van der Waals surface area contributed by atoms with Crippen molar-refractivity contribution in [2.45, 2.75) is 25.9 Å². The second-order valence-electron chi connectivity index (χ2n) is 5.70. The first-order chi connectivity index (χ1) is 9.78. The van der Waals surface area contributed by atoms with Crippen molar-refractivity contribution in [3.8, 4) is 0 Å². The van der Waals surface area contributed by atoms with Crippen LogP contribution < -0.4 is 10.6 Å². The van der Waals surface area contributed by atoms with Crippen molar-refractivity contribution < 1.29 is 4.74 Å². The minimum absolute atomic E-state index is 0.557. The highest BCUT2D eigenvalue weighted by Gasteiger charge is 2.29. The first-order valence-electron chi connectivity index (χ1n) is 7.50. The van der Waals surface area contributed by atoms with E-state index in [2.05, 4.69) is 20.9 Å². The third-order valence-corrected chi connectivity index (χ3v) is 4.38. The summed E-state index contributed by atoms with van der Waals surface area (Å²) in [6.45, 7) is 8.68. The summed E-state index contributed by atoms with van der Waals surface area (Å²) in [4.78, 5) is 9.40. The first kappa shape index (κ1) is 13.8. The average Bonchev–Trinajstić information content (AvgIpc) is 2.98. The van der Waals surface area contributed by atoms with Crippen molar-refractivity contribution in [1.29, 1.82) is 0 Å². The molecule has 2 fully saturated rings. The molecule has 3 heterocycles. The van der Waals surface area contributed by atoms with E-state index in [1.807, 2.05) is 13.1 Å². The summed E-state index contributed by atoms with van der Waals surface area (Å²) >= 11 is 0. The van der Waals surface area contributed by atoms with E-state index in [4.69, 9.17) is 10.5 Å². The number of pyridine rings is 1. The van der Waals surface area contributed by atoms with Crippen LogP contribution in [0.2, 0.25) is 0 Å². The molecule has 1 aromatic heterocycles. The van der Waals surface area contributed by atoms with Crippen LogP contribution in [0.4, 0.5) is 5.69 Å². The van der Waals surface area contributed by atoms with E-state index >= 15 is 0 Å². The molecule has 1 aromatic rings. The second kappa shape index (κ2) is 6.08. The van der Waals surface area contributed by atoms with Gasteiger partial charge in [0.15, 0.2) is 0 Å². The largest absolute Gasteiger partial charge is 0.379 e. The number of rotatable bonds is 3. The van der Waals surface area contributed by atoms with Gasteiger partial charge in [-0.25, -0.2) is 0 Å². The van der Waals surface area contributed by atoms with Gasteiger partial charge in [-0.05, 0) is 19.4 Å². The van der Waals surface area contributed by atoms with Crippen LogP contribution in [0.1, 0.15) is 17.7 Å². The quantitative estimate of drug-likeness (QED) is 0.883. The molecule has 1 unspecified atom stereocenters. The minimum atomic E-state index is 0.557. The summed E-state index contributed by atoms with van der Waals surface area (Å²) in [5.74, 6) is 0. The second-order valence-corrected chi connectivity index (χ2v) is 5.70. The molecule has 2 saturated heterocycles. The molecule has 20 heavy (non-hydrogen) atoms. The van der Waals surface area contributed by atoms with Crippen molar-refractivity contribution in [2.24, 2.45) is 5.73 Å². The Hall–Kier alpha value is -1.17.